The van der Waals surface area contributed by atoms with Crippen LogP contribution in [-0.2, 0) is 10.0 Å². The molecule has 8 nitrogen and oxygen atoms in total. The SMILES string of the molecule is O=C(Nc1nc2ccc(S(=O)(=O)N3CCCC3)cc2s1)c1cc(Cl)c2c(c1)OCCCO2. The van der Waals surface area contributed by atoms with Crippen molar-refractivity contribution in [2.45, 2.75) is 24.2 Å². The van der Waals surface area contributed by atoms with E-state index in [1.807, 2.05) is 0 Å². The second-order valence-corrected chi connectivity index (χ2v) is 10.9. The van der Waals surface area contributed by atoms with Crippen molar-refractivity contribution < 1.29 is 22.7 Å². The second kappa shape index (κ2) is 8.51. The topological polar surface area (TPSA) is 97.8 Å². The van der Waals surface area contributed by atoms with Crippen molar-refractivity contribution in [3.05, 3.63) is 40.9 Å². The molecule has 2 aliphatic heterocycles. The molecule has 1 amide bonds. The third kappa shape index (κ3) is 4.03. The lowest BCUT2D eigenvalue weighted by atomic mass is 10.2. The summed E-state index contributed by atoms with van der Waals surface area (Å²) in [5, 5.41) is 3.43. The highest BCUT2D eigenvalue weighted by molar-refractivity contribution is 7.89. The molecule has 3 aromatic rings. The summed E-state index contributed by atoms with van der Waals surface area (Å²) in [5.74, 6) is 0.472. The Bertz CT molecular complexity index is 1300. The lowest BCUT2D eigenvalue weighted by Crippen LogP contribution is -2.27. The third-order valence-corrected chi connectivity index (χ3v) is 8.46. The highest BCUT2D eigenvalue weighted by atomic mass is 35.5. The van der Waals surface area contributed by atoms with Crippen LogP contribution in [0.25, 0.3) is 10.2 Å². The van der Waals surface area contributed by atoms with Crippen LogP contribution in [0.2, 0.25) is 5.02 Å². The molecule has 0 bridgehead atoms. The maximum Gasteiger partial charge on any atom is 0.257 e. The third-order valence-electron chi connectivity index (χ3n) is 5.35. The number of carbonyl (C=O) groups is 1. The largest absolute Gasteiger partial charge is 0.489 e. The van der Waals surface area contributed by atoms with Crippen LogP contribution < -0.4 is 14.8 Å². The Morgan fingerprint density at radius 3 is 2.69 bits per heavy atom. The minimum Gasteiger partial charge on any atom is -0.489 e. The molecule has 3 heterocycles. The number of carbonyl (C=O) groups excluding carboxylic acids is 1. The monoisotopic (exact) mass is 493 g/mol. The van der Waals surface area contributed by atoms with E-state index in [9.17, 15) is 13.2 Å². The number of hydrogen-bond acceptors (Lipinski definition) is 7. The molecule has 11 heteroatoms. The molecule has 1 N–H and O–H groups in total. The van der Waals surface area contributed by atoms with Crippen LogP contribution >= 0.6 is 22.9 Å². The van der Waals surface area contributed by atoms with Gasteiger partial charge in [-0.2, -0.15) is 4.31 Å². The number of benzene rings is 2. The summed E-state index contributed by atoms with van der Waals surface area (Å²) in [5.41, 5.74) is 0.929. The summed E-state index contributed by atoms with van der Waals surface area (Å²) < 4.78 is 39.1. The first kappa shape index (κ1) is 21.4. The molecule has 0 unspecified atom stereocenters. The highest BCUT2D eigenvalue weighted by Crippen LogP contribution is 2.38. The van der Waals surface area contributed by atoms with Crippen LogP contribution in [-0.4, -0.2) is 49.9 Å². The summed E-state index contributed by atoms with van der Waals surface area (Å²) in [6.07, 6.45) is 2.48. The Kier molecular flexibility index (Phi) is 5.70. The van der Waals surface area contributed by atoms with Crippen molar-refractivity contribution in [1.82, 2.24) is 9.29 Å². The molecule has 1 fully saturated rings. The number of thiazole rings is 1. The van der Waals surface area contributed by atoms with Gasteiger partial charge in [-0.3, -0.25) is 10.1 Å². The molecule has 0 spiro atoms. The minimum absolute atomic E-state index is 0.239. The summed E-state index contributed by atoms with van der Waals surface area (Å²) in [6, 6.07) is 7.95. The van der Waals surface area contributed by atoms with Gasteiger partial charge in [0.15, 0.2) is 16.6 Å². The number of nitrogens with one attached hydrogen (secondary N) is 1. The van der Waals surface area contributed by atoms with Gasteiger partial charge in [0, 0.05) is 25.1 Å². The lowest BCUT2D eigenvalue weighted by Gasteiger charge is -2.15. The van der Waals surface area contributed by atoms with Crippen molar-refractivity contribution in [3.8, 4) is 11.5 Å². The van der Waals surface area contributed by atoms with Gasteiger partial charge in [0.25, 0.3) is 5.91 Å². The molecular weight excluding hydrogens is 474 g/mol. The minimum atomic E-state index is -3.52. The first-order chi connectivity index (χ1) is 15.4. The first-order valence-corrected chi connectivity index (χ1v) is 12.9. The smallest absolute Gasteiger partial charge is 0.257 e. The number of fused-ring (bicyclic) bond motifs is 2. The van der Waals surface area contributed by atoms with Crippen molar-refractivity contribution >= 4 is 54.2 Å². The average molecular weight is 494 g/mol. The Labute approximate surface area is 194 Å². The Hall–Kier alpha value is -2.40. The van der Waals surface area contributed by atoms with Gasteiger partial charge in [-0.1, -0.05) is 22.9 Å². The highest BCUT2D eigenvalue weighted by Gasteiger charge is 2.27. The molecular formula is C21H20ClN3O5S2. The fourth-order valence-corrected chi connectivity index (χ4v) is 6.51. The Balaban J connectivity index is 1.39. The van der Waals surface area contributed by atoms with E-state index in [-0.39, 0.29) is 4.90 Å². The van der Waals surface area contributed by atoms with Crippen molar-refractivity contribution in [1.29, 1.82) is 0 Å². The van der Waals surface area contributed by atoms with Gasteiger partial charge in [-0.15, -0.1) is 0 Å². The normalized spacial score (nSPS) is 16.8. The maximum atomic E-state index is 12.8. The van der Waals surface area contributed by atoms with Gasteiger partial charge < -0.3 is 9.47 Å². The fraction of sp³-hybridized carbons (Fsp3) is 0.333. The molecule has 1 aromatic heterocycles. The van der Waals surface area contributed by atoms with E-state index in [1.165, 1.54) is 21.7 Å². The first-order valence-electron chi connectivity index (χ1n) is 10.2. The van der Waals surface area contributed by atoms with E-state index >= 15 is 0 Å². The van der Waals surface area contributed by atoms with Crippen LogP contribution in [0.5, 0.6) is 11.5 Å². The van der Waals surface area contributed by atoms with E-state index in [0.717, 1.165) is 19.3 Å². The number of nitrogens with zero attached hydrogens (tertiary/aromatic N) is 2. The van der Waals surface area contributed by atoms with Gasteiger partial charge in [0.2, 0.25) is 10.0 Å². The molecule has 0 aliphatic carbocycles. The summed E-state index contributed by atoms with van der Waals surface area (Å²) in [6.45, 7) is 2.07. The molecule has 0 radical (unpaired) electrons. The second-order valence-electron chi connectivity index (χ2n) is 7.55. The number of aromatic nitrogens is 1. The Morgan fingerprint density at radius 1 is 1.09 bits per heavy atom. The molecule has 168 valence electrons. The predicted molar refractivity (Wildman–Crippen MR) is 123 cm³/mol. The molecule has 1 saturated heterocycles. The molecule has 2 aromatic carbocycles. The standard InChI is InChI=1S/C21H20ClN3O5S2/c22-15-10-13(11-17-19(15)30-9-3-8-29-17)20(26)24-21-23-16-5-4-14(12-18(16)31-21)32(27,28)25-6-1-2-7-25/h4-5,10-12H,1-3,6-9H2,(H,23,24,26). The van der Waals surface area contributed by atoms with Crippen LogP contribution in [0.1, 0.15) is 29.6 Å². The quantitative estimate of drug-likeness (QED) is 0.586. The van der Waals surface area contributed by atoms with Crippen molar-refractivity contribution in [2.75, 3.05) is 31.6 Å². The van der Waals surface area contributed by atoms with Gasteiger partial charge in [0.1, 0.15) is 0 Å². The van der Waals surface area contributed by atoms with Crippen molar-refractivity contribution in [2.24, 2.45) is 0 Å². The lowest BCUT2D eigenvalue weighted by molar-refractivity contribution is 0.102. The van der Waals surface area contributed by atoms with Gasteiger partial charge >= 0.3 is 0 Å². The number of sulfonamides is 1. The van der Waals surface area contributed by atoms with Crippen LogP contribution in [0.3, 0.4) is 0 Å². The van der Waals surface area contributed by atoms with Gasteiger partial charge in [0.05, 0.1) is 33.3 Å². The molecule has 0 saturated carbocycles. The summed E-state index contributed by atoms with van der Waals surface area (Å²) in [7, 11) is -3.52. The van der Waals surface area contributed by atoms with Crippen LogP contribution in [0, 0.1) is 0 Å². The molecule has 2 aliphatic rings. The zero-order valence-electron chi connectivity index (χ0n) is 17.0. The number of halogens is 1. The summed E-state index contributed by atoms with van der Waals surface area (Å²) >= 11 is 7.50. The average Bonchev–Trinajstić information content (AvgIpc) is 3.38. The van der Waals surface area contributed by atoms with Crippen molar-refractivity contribution in [3.63, 3.8) is 0 Å². The maximum absolute atomic E-state index is 12.8. The molecule has 5 rings (SSSR count). The van der Waals surface area contributed by atoms with E-state index in [0.29, 0.717) is 63.7 Å². The van der Waals surface area contributed by atoms with E-state index in [1.54, 1.807) is 24.3 Å². The zero-order chi connectivity index (χ0) is 22.3. The van der Waals surface area contributed by atoms with Crippen LogP contribution in [0.4, 0.5) is 5.13 Å². The summed E-state index contributed by atoms with van der Waals surface area (Å²) in [4.78, 5) is 17.5. The van der Waals surface area contributed by atoms with E-state index < -0.39 is 15.9 Å². The van der Waals surface area contributed by atoms with Gasteiger partial charge in [-0.05, 0) is 43.2 Å². The molecule has 0 atom stereocenters. The van der Waals surface area contributed by atoms with E-state index in [2.05, 4.69) is 10.3 Å². The zero-order valence-corrected chi connectivity index (χ0v) is 19.4. The number of rotatable bonds is 4. The van der Waals surface area contributed by atoms with Gasteiger partial charge in [-0.25, -0.2) is 13.4 Å². The van der Waals surface area contributed by atoms with E-state index in [4.69, 9.17) is 21.1 Å². The number of hydrogen-bond donors (Lipinski definition) is 1. The number of ether oxygens (including phenoxy) is 2. The molecule has 32 heavy (non-hydrogen) atoms. The van der Waals surface area contributed by atoms with Crippen LogP contribution in [0.15, 0.2) is 35.2 Å². The predicted octanol–water partition coefficient (Wildman–Crippen LogP) is 4.15. The number of amides is 1. The fourth-order valence-electron chi connectivity index (χ4n) is 3.73. The Morgan fingerprint density at radius 2 is 1.88 bits per heavy atom. The number of anilines is 1.